The van der Waals surface area contributed by atoms with Gasteiger partial charge in [0.05, 0.1) is 11.4 Å². The standard InChI is InChI=1S/2C18H22N4S.4ClH.H2O/c2*1-21-9-11-22(12-10-21)14-15-5-4-6-16(13-15)20-18(23)17-7-2-3-8-19-17;;;;;/h2*2-8,13H,9-12,14H2,1H3,(H,20,23);4*1H;1H2. The van der Waals surface area contributed by atoms with Gasteiger partial charge in [0.25, 0.3) is 0 Å². The second kappa shape index (κ2) is 25.5. The average molecular weight is 817 g/mol. The van der Waals surface area contributed by atoms with E-state index in [1.165, 1.54) is 11.1 Å². The summed E-state index contributed by atoms with van der Waals surface area (Å²) in [6.45, 7) is 11.0. The van der Waals surface area contributed by atoms with E-state index in [9.17, 15) is 0 Å². The SMILES string of the molecule is CN1CCN(Cc2cccc(NC(=S)c3ccccn3)c2)CC1.CN1CCN(Cc2cccc(NC(=S)c3ccccn3)c2)CC1.Cl.Cl.Cl.Cl.O. The van der Waals surface area contributed by atoms with Gasteiger partial charge < -0.3 is 25.9 Å². The van der Waals surface area contributed by atoms with Crippen LogP contribution in [0.25, 0.3) is 0 Å². The average Bonchev–Trinajstić information content (AvgIpc) is 3.08. The fraction of sp³-hybridized carbons (Fsp3) is 0.333. The molecular weight excluding hydrogens is 766 g/mol. The van der Waals surface area contributed by atoms with Crippen LogP contribution in [0.2, 0.25) is 0 Å². The highest BCUT2D eigenvalue weighted by atomic mass is 35.5. The zero-order valence-corrected chi connectivity index (χ0v) is 33.8. The van der Waals surface area contributed by atoms with Crippen molar-refractivity contribution < 1.29 is 5.48 Å². The number of hydrogen-bond donors (Lipinski definition) is 2. The van der Waals surface area contributed by atoms with Crippen molar-refractivity contribution in [3.8, 4) is 0 Å². The molecule has 0 radical (unpaired) electrons. The third kappa shape index (κ3) is 16.4. The molecule has 51 heavy (non-hydrogen) atoms. The van der Waals surface area contributed by atoms with Gasteiger partial charge in [-0.15, -0.1) is 49.6 Å². The van der Waals surface area contributed by atoms with Gasteiger partial charge in [0.15, 0.2) is 0 Å². The molecule has 2 fully saturated rings. The number of thiocarbonyl (C=S) groups is 2. The smallest absolute Gasteiger partial charge is 0.129 e. The molecule has 4 aromatic rings. The number of pyridine rings is 2. The highest BCUT2D eigenvalue weighted by Gasteiger charge is 2.15. The van der Waals surface area contributed by atoms with Crippen molar-refractivity contribution in [2.75, 3.05) is 77.1 Å². The summed E-state index contributed by atoms with van der Waals surface area (Å²) in [5.41, 5.74) is 6.25. The Bertz CT molecular complexity index is 1450. The molecule has 0 spiro atoms. The van der Waals surface area contributed by atoms with Crippen LogP contribution in [-0.4, -0.2) is 111 Å². The molecule has 6 rings (SSSR count). The first-order valence-electron chi connectivity index (χ1n) is 15.9. The summed E-state index contributed by atoms with van der Waals surface area (Å²) < 4.78 is 0. The van der Waals surface area contributed by atoms with E-state index in [0.717, 1.165) is 88.2 Å². The molecule has 4 N–H and O–H groups in total. The van der Waals surface area contributed by atoms with Crippen LogP contribution in [-0.2, 0) is 13.1 Å². The van der Waals surface area contributed by atoms with Gasteiger partial charge in [0.2, 0.25) is 0 Å². The number of nitrogens with one attached hydrogen (secondary N) is 2. The quantitative estimate of drug-likeness (QED) is 0.204. The lowest BCUT2D eigenvalue weighted by Gasteiger charge is -2.32. The maximum atomic E-state index is 5.43. The van der Waals surface area contributed by atoms with Gasteiger partial charge in [-0.3, -0.25) is 19.8 Å². The molecule has 9 nitrogen and oxygen atoms in total. The Morgan fingerprint density at radius 2 is 0.922 bits per heavy atom. The lowest BCUT2D eigenvalue weighted by Crippen LogP contribution is -2.43. The summed E-state index contributed by atoms with van der Waals surface area (Å²) in [6, 6.07) is 28.5. The fourth-order valence-corrected chi connectivity index (χ4v) is 5.88. The van der Waals surface area contributed by atoms with E-state index >= 15 is 0 Å². The van der Waals surface area contributed by atoms with Gasteiger partial charge in [0, 0.05) is 89.2 Å². The third-order valence-corrected chi connectivity index (χ3v) is 8.79. The molecular formula is C36H50Cl4N8OS2. The summed E-state index contributed by atoms with van der Waals surface area (Å²) in [6.07, 6.45) is 3.51. The van der Waals surface area contributed by atoms with Crippen LogP contribution in [0.4, 0.5) is 11.4 Å². The molecule has 0 unspecified atom stereocenters. The van der Waals surface area contributed by atoms with Crippen LogP contribution in [0.3, 0.4) is 0 Å². The van der Waals surface area contributed by atoms with Crippen LogP contribution in [0, 0.1) is 0 Å². The van der Waals surface area contributed by atoms with Gasteiger partial charge in [-0.2, -0.15) is 0 Å². The summed E-state index contributed by atoms with van der Waals surface area (Å²) in [5, 5.41) is 6.57. The topological polar surface area (TPSA) is 94.3 Å². The maximum absolute atomic E-state index is 5.43. The monoisotopic (exact) mass is 814 g/mol. The first-order chi connectivity index (χ1) is 22.4. The van der Waals surface area contributed by atoms with Crippen molar-refractivity contribution in [3.63, 3.8) is 0 Å². The summed E-state index contributed by atoms with van der Waals surface area (Å²) in [7, 11) is 4.36. The molecule has 2 aromatic heterocycles. The van der Waals surface area contributed by atoms with Gasteiger partial charge in [-0.25, -0.2) is 0 Å². The summed E-state index contributed by atoms with van der Waals surface area (Å²) >= 11 is 10.9. The molecule has 0 aliphatic carbocycles. The normalized spacial score (nSPS) is 14.6. The molecule has 0 saturated carbocycles. The van der Waals surface area contributed by atoms with Crippen molar-refractivity contribution in [1.82, 2.24) is 29.6 Å². The number of halogens is 4. The highest BCUT2D eigenvalue weighted by Crippen LogP contribution is 2.16. The largest absolute Gasteiger partial charge is 0.412 e. The zero-order chi connectivity index (χ0) is 32.1. The summed E-state index contributed by atoms with van der Waals surface area (Å²) in [4.78, 5) is 19.6. The molecule has 4 heterocycles. The van der Waals surface area contributed by atoms with Gasteiger partial charge in [-0.05, 0) is 73.8 Å². The Morgan fingerprint density at radius 3 is 1.25 bits per heavy atom. The predicted octanol–water partition coefficient (Wildman–Crippen LogP) is 6.10. The van der Waals surface area contributed by atoms with E-state index in [-0.39, 0.29) is 55.1 Å². The Hall–Kier alpha value is -2.52. The minimum Gasteiger partial charge on any atom is -0.412 e. The van der Waals surface area contributed by atoms with Crippen LogP contribution in [0.15, 0.2) is 97.3 Å². The molecule has 280 valence electrons. The number of nitrogens with zero attached hydrogens (tertiary/aromatic N) is 6. The molecule has 2 saturated heterocycles. The van der Waals surface area contributed by atoms with Crippen molar-refractivity contribution in [2.24, 2.45) is 0 Å². The number of benzene rings is 2. The van der Waals surface area contributed by atoms with Gasteiger partial charge in [-0.1, -0.05) is 60.8 Å². The lowest BCUT2D eigenvalue weighted by atomic mass is 10.1. The number of aromatic nitrogens is 2. The molecule has 2 aliphatic rings. The predicted molar refractivity (Wildman–Crippen MR) is 230 cm³/mol. The van der Waals surface area contributed by atoms with E-state index in [2.05, 4.69) is 90.7 Å². The molecule has 0 bridgehead atoms. The van der Waals surface area contributed by atoms with Crippen LogP contribution in [0.5, 0.6) is 0 Å². The maximum Gasteiger partial charge on any atom is 0.129 e. The van der Waals surface area contributed by atoms with Crippen molar-refractivity contribution in [2.45, 2.75) is 13.1 Å². The minimum atomic E-state index is 0. The van der Waals surface area contributed by atoms with Gasteiger partial charge >= 0.3 is 0 Å². The van der Waals surface area contributed by atoms with E-state index in [1.807, 2.05) is 48.5 Å². The second-order valence-corrected chi connectivity index (χ2v) is 12.7. The number of likely N-dealkylation sites (N-methyl/N-ethyl adjacent to an activating group) is 2. The minimum absolute atomic E-state index is 0. The van der Waals surface area contributed by atoms with E-state index in [4.69, 9.17) is 24.4 Å². The molecule has 0 atom stereocenters. The first kappa shape index (κ1) is 48.5. The Labute approximate surface area is 338 Å². The summed E-state index contributed by atoms with van der Waals surface area (Å²) in [5.74, 6) is 0. The van der Waals surface area contributed by atoms with Crippen molar-refractivity contribution in [1.29, 1.82) is 0 Å². The highest BCUT2D eigenvalue weighted by molar-refractivity contribution is 7.81. The zero-order valence-electron chi connectivity index (χ0n) is 28.9. The number of piperazine rings is 2. The third-order valence-electron chi connectivity index (χ3n) is 8.17. The van der Waals surface area contributed by atoms with Crippen LogP contribution < -0.4 is 10.6 Å². The lowest BCUT2D eigenvalue weighted by molar-refractivity contribution is 0.148. The Morgan fingerprint density at radius 1 is 0.549 bits per heavy atom. The van der Waals surface area contributed by atoms with Gasteiger partial charge in [0.1, 0.15) is 9.98 Å². The van der Waals surface area contributed by atoms with Crippen LogP contribution in [0.1, 0.15) is 22.5 Å². The molecule has 2 aromatic carbocycles. The van der Waals surface area contributed by atoms with Crippen LogP contribution >= 0.6 is 74.1 Å². The van der Waals surface area contributed by atoms with Crippen molar-refractivity contribution in [3.05, 3.63) is 120 Å². The fourth-order valence-electron chi connectivity index (χ4n) is 5.41. The Kier molecular flexibility index (Phi) is 24.2. The first-order valence-corrected chi connectivity index (χ1v) is 16.7. The number of anilines is 2. The molecule has 2 aliphatic heterocycles. The molecule has 15 heteroatoms. The number of hydrogen-bond acceptors (Lipinski definition) is 8. The van der Waals surface area contributed by atoms with Crippen molar-refractivity contribution >= 4 is 95.4 Å². The van der Waals surface area contributed by atoms with E-state index in [1.54, 1.807) is 12.4 Å². The number of rotatable bonds is 8. The second-order valence-electron chi connectivity index (χ2n) is 11.9. The van der Waals surface area contributed by atoms with E-state index < -0.39 is 0 Å². The van der Waals surface area contributed by atoms with E-state index in [0.29, 0.717) is 9.98 Å². The molecule has 0 amide bonds. The Balaban J connectivity index is 0.000000893.